The predicted octanol–water partition coefficient (Wildman–Crippen LogP) is 16.0. The average Bonchev–Trinajstić information content (AvgIpc) is 3.99. The summed E-state index contributed by atoms with van der Waals surface area (Å²) >= 11 is 0. The highest BCUT2D eigenvalue weighted by Gasteiger charge is 2.23. The average molecular weight is 868 g/mol. The third kappa shape index (κ3) is 6.68. The fourth-order valence-electron chi connectivity index (χ4n) is 9.97. The molecule has 4 heterocycles. The van der Waals surface area contributed by atoms with Crippen LogP contribution in [0, 0.1) is 0 Å². The van der Waals surface area contributed by atoms with E-state index < -0.39 is 0 Å². The van der Waals surface area contributed by atoms with Gasteiger partial charge in [0.15, 0.2) is 5.82 Å². The molecule has 0 aliphatic rings. The summed E-state index contributed by atoms with van der Waals surface area (Å²) in [6.45, 7) is 0. The molecule has 0 spiro atoms. The number of benzene rings is 9. The highest BCUT2D eigenvalue weighted by Crippen LogP contribution is 2.43. The van der Waals surface area contributed by atoms with Gasteiger partial charge >= 0.3 is 0 Å². The Balaban J connectivity index is 0.938. The molecule has 5 nitrogen and oxygen atoms in total. The molecular weight excluding hydrogens is 827 g/mol. The van der Waals surface area contributed by atoms with Crippen LogP contribution in [0.5, 0.6) is 0 Å². The SMILES string of the molecule is c1ccc(-c2nc(-c3ccc(-c4cccc5c4cc(-c4ccccc4)n4nc(-c6ccccc6)c(-c6ccccc6)c54)cc3)cc(-c3ccc(-n4c5ccccc5c5ccccc54)cc3)n2)cc1. The van der Waals surface area contributed by atoms with Crippen LogP contribution in [-0.2, 0) is 0 Å². The Morgan fingerprint density at radius 1 is 0.324 bits per heavy atom. The number of para-hydroxylation sites is 2. The molecular formula is C63H41N5. The minimum absolute atomic E-state index is 0.685. The summed E-state index contributed by atoms with van der Waals surface area (Å²) < 4.78 is 4.50. The predicted molar refractivity (Wildman–Crippen MR) is 281 cm³/mol. The second-order valence-corrected chi connectivity index (χ2v) is 17.2. The van der Waals surface area contributed by atoms with E-state index in [1.165, 1.54) is 21.8 Å². The second-order valence-electron chi connectivity index (χ2n) is 17.2. The molecule has 0 saturated heterocycles. The summed E-state index contributed by atoms with van der Waals surface area (Å²) in [6, 6.07) is 88.0. The lowest BCUT2D eigenvalue weighted by molar-refractivity contribution is 0.979. The number of rotatable bonds is 8. The Hall–Kier alpha value is -9.19. The first-order valence-corrected chi connectivity index (χ1v) is 23.0. The number of hydrogen-bond acceptors (Lipinski definition) is 3. The van der Waals surface area contributed by atoms with Crippen molar-refractivity contribution in [2.75, 3.05) is 0 Å². The zero-order valence-corrected chi connectivity index (χ0v) is 36.9. The lowest BCUT2D eigenvalue weighted by Gasteiger charge is -2.14. The van der Waals surface area contributed by atoms with E-state index in [1.807, 2.05) is 18.2 Å². The number of hydrogen-bond donors (Lipinski definition) is 0. The van der Waals surface area contributed by atoms with Crippen LogP contribution in [0.25, 0.3) is 122 Å². The van der Waals surface area contributed by atoms with Gasteiger partial charge in [-0.1, -0.05) is 212 Å². The van der Waals surface area contributed by atoms with Gasteiger partial charge in [0.1, 0.15) is 5.69 Å². The standard InChI is InChI=1S/C63H41N5/c1-5-18-45(19-6-1)59-40-54-50(28-17-29-53(54)62-60(46-20-7-2-8-21-46)61(66-68(59)62)47-22-9-3-10-23-47)42-32-34-43(35-33-42)55-41-56(65-63(64-55)48-24-11-4-12-25-48)44-36-38-49(39-37-44)67-57-30-15-13-26-51(57)52-27-14-16-31-58(52)67/h1-41H. The molecule has 0 N–H and O–H groups in total. The van der Waals surface area contributed by atoms with Crippen LogP contribution < -0.4 is 0 Å². The molecule has 0 saturated carbocycles. The van der Waals surface area contributed by atoms with Gasteiger partial charge in [0, 0.05) is 55.2 Å². The molecule has 0 unspecified atom stereocenters. The molecule has 318 valence electrons. The Morgan fingerprint density at radius 3 is 1.41 bits per heavy atom. The Kier molecular flexibility index (Phi) is 9.43. The highest BCUT2D eigenvalue weighted by molar-refractivity contribution is 6.13. The smallest absolute Gasteiger partial charge is 0.160 e. The first-order chi connectivity index (χ1) is 33.7. The van der Waals surface area contributed by atoms with Gasteiger partial charge in [-0.15, -0.1) is 0 Å². The summed E-state index contributed by atoms with van der Waals surface area (Å²) in [7, 11) is 0. The van der Waals surface area contributed by atoms with E-state index in [4.69, 9.17) is 15.1 Å². The Bertz CT molecular complexity index is 3920. The van der Waals surface area contributed by atoms with Gasteiger partial charge in [-0.2, -0.15) is 5.10 Å². The van der Waals surface area contributed by atoms with Gasteiger partial charge in [-0.3, -0.25) is 0 Å². The molecule has 13 rings (SSSR count). The number of fused-ring (bicyclic) bond motifs is 6. The zero-order chi connectivity index (χ0) is 45.0. The van der Waals surface area contributed by atoms with Gasteiger partial charge in [0.2, 0.25) is 0 Å². The van der Waals surface area contributed by atoms with E-state index in [0.29, 0.717) is 5.82 Å². The Morgan fingerprint density at radius 2 is 0.809 bits per heavy atom. The largest absolute Gasteiger partial charge is 0.309 e. The van der Waals surface area contributed by atoms with Crippen molar-refractivity contribution in [3.8, 4) is 84.4 Å². The van der Waals surface area contributed by atoms with Crippen molar-refractivity contribution in [1.29, 1.82) is 0 Å². The van der Waals surface area contributed by atoms with Crippen molar-refractivity contribution in [3.63, 3.8) is 0 Å². The van der Waals surface area contributed by atoms with Crippen LogP contribution >= 0.6 is 0 Å². The maximum atomic E-state index is 5.43. The molecule has 9 aromatic carbocycles. The number of aromatic nitrogens is 5. The normalized spacial score (nSPS) is 11.5. The van der Waals surface area contributed by atoms with Crippen molar-refractivity contribution < 1.29 is 0 Å². The minimum atomic E-state index is 0.685. The van der Waals surface area contributed by atoms with E-state index >= 15 is 0 Å². The molecule has 0 bridgehead atoms. The first kappa shape index (κ1) is 39.2. The monoisotopic (exact) mass is 867 g/mol. The van der Waals surface area contributed by atoms with E-state index in [9.17, 15) is 0 Å². The fourth-order valence-corrected chi connectivity index (χ4v) is 9.97. The van der Waals surface area contributed by atoms with Crippen molar-refractivity contribution in [3.05, 3.63) is 249 Å². The summed E-state index contributed by atoms with van der Waals surface area (Å²) in [4.78, 5) is 10.4. The summed E-state index contributed by atoms with van der Waals surface area (Å²) in [5.74, 6) is 0.685. The second kappa shape index (κ2) is 16.4. The fraction of sp³-hybridized carbons (Fsp3) is 0. The molecule has 0 aliphatic carbocycles. The van der Waals surface area contributed by atoms with Crippen LogP contribution in [0.4, 0.5) is 0 Å². The molecule has 4 aromatic heterocycles. The molecule has 5 heteroatoms. The molecule has 0 amide bonds. The third-order valence-electron chi connectivity index (χ3n) is 13.2. The number of pyridine rings is 1. The summed E-state index contributed by atoms with van der Waals surface area (Å²) in [6.07, 6.45) is 0. The van der Waals surface area contributed by atoms with E-state index in [2.05, 4.69) is 240 Å². The van der Waals surface area contributed by atoms with Crippen molar-refractivity contribution in [2.24, 2.45) is 0 Å². The molecule has 68 heavy (non-hydrogen) atoms. The third-order valence-corrected chi connectivity index (χ3v) is 13.2. The van der Waals surface area contributed by atoms with Gasteiger partial charge in [-0.25, -0.2) is 14.5 Å². The highest BCUT2D eigenvalue weighted by atomic mass is 15.2. The molecule has 13 aromatic rings. The van der Waals surface area contributed by atoms with E-state index in [1.54, 1.807) is 0 Å². The van der Waals surface area contributed by atoms with Crippen LogP contribution in [0.2, 0.25) is 0 Å². The Labute approximate surface area is 393 Å². The van der Waals surface area contributed by atoms with Crippen molar-refractivity contribution in [2.45, 2.75) is 0 Å². The first-order valence-electron chi connectivity index (χ1n) is 23.0. The molecule has 0 atom stereocenters. The maximum absolute atomic E-state index is 5.43. The number of nitrogens with zero attached hydrogens (tertiary/aromatic N) is 5. The van der Waals surface area contributed by atoms with Crippen molar-refractivity contribution in [1.82, 2.24) is 24.1 Å². The maximum Gasteiger partial charge on any atom is 0.160 e. The van der Waals surface area contributed by atoms with Gasteiger partial charge in [0.05, 0.1) is 33.6 Å². The topological polar surface area (TPSA) is 48.0 Å². The van der Waals surface area contributed by atoms with Gasteiger partial charge in [-0.05, 0) is 58.5 Å². The van der Waals surface area contributed by atoms with Crippen LogP contribution in [0.3, 0.4) is 0 Å². The molecule has 0 radical (unpaired) electrons. The lowest BCUT2D eigenvalue weighted by Crippen LogP contribution is -1.97. The van der Waals surface area contributed by atoms with Gasteiger partial charge in [0.25, 0.3) is 0 Å². The molecule has 0 fully saturated rings. The van der Waals surface area contributed by atoms with E-state index in [-0.39, 0.29) is 0 Å². The quantitative estimate of drug-likeness (QED) is 0.153. The zero-order valence-electron chi connectivity index (χ0n) is 36.9. The van der Waals surface area contributed by atoms with E-state index in [0.717, 1.165) is 94.8 Å². The van der Waals surface area contributed by atoms with Crippen LogP contribution in [0.1, 0.15) is 0 Å². The minimum Gasteiger partial charge on any atom is -0.309 e. The van der Waals surface area contributed by atoms with Crippen molar-refractivity contribution >= 4 is 38.1 Å². The van der Waals surface area contributed by atoms with Gasteiger partial charge < -0.3 is 4.57 Å². The summed E-state index contributed by atoms with van der Waals surface area (Å²) in [5.41, 5.74) is 17.9. The summed E-state index contributed by atoms with van der Waals surface area (Å²) in [5, 5.41) is 10.2. The lowest BCUT2D eigenvalue weighted by atomic mass is 9.93. The van der Waals surface area contributed by atoms with Crippen LogP contribution in [-0.4, -0.2) is 24.1 Å². The van der Waals surface area contributed by atoms with Crippen LogP contribution in [0.15, 0.2) is 249 Å². The molecule has 0 aliphatic heterocycles.